The van der Waals surface area contributed by atoms with Gasteiger partial charge in [-0.25, -0.2) is 5.32 Å². The van der Waals surface area contributed by atoms with Crippen molar-refractivity contribution in [2.75, 3.05) is 33.3 Å². The fourth-order valence-corrected chi connectivity index (χ4v) is 1.28. The molecule has 0 unspecified atom stereocenters. The van der Waals surface area contributed by atoms with Crippen molar-refractivity contribution in [2.45, 2.75) is 19.4 Å². The predicted molar refractivity (Wildman–Crippen MR) is 49.5 cm³/mol. The molecule has 1 saturated heterocycles. The minimum absolute atomic E-state index is 0.0601. The normalized spacial score (nSPS) is 18.8. The molecule has 75 valence electrons. The number of amides is 1. The number of piperazine rings is 1. The van der Waals surface area contributed by atoms with Crippen LogP contribution in [-0.2, 0) is 9.53 Å². The van der Waals surface area contributed by atoms with Crippen molar-refractivity contribution < 1.29 is 9.53 Å². The number of carbonyl (C=O) groups excluding carboxylic acids is 1. The molecule has 0 N–H and O–H groups in total. The van der Waals surface area contributed by atoms with E-state index < -0.39 is 5.60 Å². The zero-order valence-corrected chi connectivity index (χ0v) is 8.54. The van der Waals surface area contributed by atoms with E-state index in [1.165, 1.54) is 0 Å². The molecule has 1 heterocycles. The smallest absolute Gasteiger partial charge is 0.254 e. The number of methoxy groups -OCH3 is 1. The largest absolute Gasteiger partial charge is 0.369 e. The third-order valence-corrected chi connectivity index (χ3v) is 2.37. The fourth-order valence-electron chi connectivity index (χ4n) is 1.28. The number of ether oxygens (including phenoxy) is 1. The van der Waals surface area contributed by atoms with Gasteiger partial charge < -0.3 is 9.64 Å². The molecule has 0 bridgehead atoms. The number of carbonyl (C=O) groups is 1. The average molecular weight is 185 g/mol. The summed E-state index contributed by atoms with van der Waals surface area (Å²) in [5, 5.41) is 4.18. The van der Waals surface area contributed by atoms with Gasteiger partial charge in [-0.3, -0.25) is 4.79 Å². The van der Waals surface area contributed by atoms with Gasteiger partial charge in [-0.2, -0.15) is 0 Å². The zero-order valence-electron chi connectivity index (χ0n) is 8.54. The van der Waals surface area contributed by atoms with Crippen molar-refractivity contribution in [1.29, 1.82) is 0 Å². The van der Waals surface area contributed by atoms with Crippen molar-refractivity contribution in [3.63, 3.8) is 0 Å². The molecule has 0 saturated carbocycles. The molecule has 13 heavy (non-hydrogen) atoms. The van der Waals surface area contributed by atoms with Crippen molar-refractivity contribution in [3.05, 3.63) is 0 Å². The maximum atomic E-state index is 11.8. The molecule has 0 aromatic carbocycles. The van der Waals surface area contributed by atoms with Gasteiger partial charge in [0.25, 0.3) is 5.91 Å². The Kier molecular flexibility index (Phi) is 3.27. The van der Waals surface area contributed by atoms with Crippen molar-refractivity contribution in [1.82, 2.24) is 10.2 Å². The van der Waals surface area contributed by atoms with E-state index in [9.17, 15) is 4.79 Å². The van der Waals surface area contributed by atoms with E-state index >= 15 is 0 Å². The second-order valence-electron chi connectivity index (χ2n) is 3.68. The number of nitrogens with zero attached hydrogens (tertiary/aromatic N) is 2. The Bertz CT molecular complexity index is 186. The highest BCUT2D eigenvalue weighted by Crippen LogP contribution is 2.12. The van der Waals surface area contributed by atoms with E-state index in [1.807, 2.05) is 4.90 Å². The monoisotopic (exact) mass is 185 g/mol. The average Bonchev–Trinajstić information content (AvgIpc) is 2.18. The summed E-state index contributed by atoms with van der Waals surface area (Å²) < 4.78 is 5.13. The highest BCUT2D eigenvalue weighted by atomic mass is 16.5. The highest BCUT2D eigenvalue weighted by Gasteiger charge is 2.32. The molecule has 4 heteroatoms. The maximum Gasteiger partial charge on any atom is 0.254 e. The molecule has 1 fully saturated rings. The van der Waals surface area contributed by atoms with Crippen LogP contribution in [0.1, 0.15) is 13.8 Å². The van der Waals surface area contributed by atoms with Gasteiger partial charge >= 0.3 is 0 Å². The summed E-state index contributed by atoms with van der Waals surface area (Å²) in [7, 11) is 1.56. The summed E-state index contributed by atoms with van der Waals surface area (Å²) in [5.74, 6) is 0.0601. The quantitative estimate of drug-likeness (QED) is 0.601. The van der Waals surface area contributed by atoms with Crippen molar-refractivity contribution in [3.8, 4) is 0 Å². The van der Waals surface area contributed by atoms with E-state index in [0.717, 1.165) is 26.2 Å². The number of hydrogen-bond acceptors (Lipinski definition) is 2. The lowest BCUT2D eigenvalue weighted by atomic mass is 10.1. The van der Waals surface area contributed by atoms with Crippen LogP contribution in [0, 0.1) is 0 Å². The Morgan fingerprint density at radius 2 is 1.92 bits per heavy atom. The summed E-state index contributed by atoms with van der Waals surface area (Å²) in [6.45, 7) is 6.55. The Labute approximate surface area is 79.2 Å². The number of hydrogen-bond donors (Lipinski definition) is 0. The fraction of sp³-hybridized carbons (Fsp3) is 0.889. The van der Waals surface area contributed by atoms with Crippen LogP contribution in [0.4, 0.5) is 0 Å². The lowest BCUT2D eigenvalue weighted by molar-refractivity contribution is -0.151. The van der Waals surface area contributed by atoms with Crippen molar-refractivity contribution in [2.24, 2.45) is 0 Å². The third-order valence-electron chi connectivity index (χ3n) is 2.37. The standard InChI is InChI=1S/C9H17N2O2/c1-9(2,13-3)8(12)11-6-4-10-5-7-11/h4-7H2,1-3H3. The Hall–Kier alpha value is -0.610. The van der Waals surface area contributed by atoms with Gasteiger partial charge in [0.05, 0.1) is 0 Å². The van der Waals surface area contributed by atoms with Crippen LogP contribution in [-0.4, -0.2) is 49.7 Å². The van der Waals surface area contributed by atoms with Crippen LogP contribution in [0.25, 0.3) is 0 Å². The molecule has 1 radical (unpaired) electrons. The summed E-state index contributed by atoms with van der Waals surface area (Å²) >= 11 is 0. The van der Waals surface area contributed by atoms with Gasteiger partial charge in [0.2, 0.25) is 0 Å². The zero-order chi connectivity index (χ0) is 9.90. The van der Waals surface area contributed by atoms with Gasteiger partial charge in [0.15, 0.2) is 0 Å². The summed E-state index contributed by atoms with van der Waals surface area (Å²) in [5.41, 5.74) is -0.697. The predicted octanol–water partition coefficient (Wildman–Crippen LogP) is -0.142. The van der Waals surface area contributed by atoms with Crippen LogP contribution in [0.15, 0.2) is 0 Å². The van der Waals surface area contributed by atoms with Gasteiger partial charge in [-0.15, -0.1) is 0 Å². The minimum atomic E-state index is -0.697. The molecule has 1 aliphatic heterocycles. The molecule has 0 aromatic rings. The highest BCUT2D eigenvalue weighted by molar-refractivity contribution is 5.84. The molecular formula is C9H17N2O2. The molecule has 1 aliphatic rings. The number of rotatable bonds is 2. The first-order valence-electron chi connectivity index (χ1n) is 4.56. The maximum absolute atomic E-state index is 11.8. The van der Waals surface area contributed by atoms with Gasteiger partial charge in [0.1, 0.15) is 5.60 Å². The minimum Gasteiger partial charge on any atom is -0.369 e. The third kappa shape index (κ3) is 2.42. The first-order chi connectivity index (χ1) is 6.08. The summed E-state index contributed by atoms with van der Waals surface area (Å²) in [6.07, 6.45) is 0. The van der Waals surface area contributed by atoms with Crippen molar-refractivity contribution >= 4 is 5.91 Å². The van der Waals surface area contributed by atoms with Crippen LogP contribution in [0.5, 0.6) is 0 Å². The van der Waals surface area contributed by atoms with Gasteiger partial charge in [-0.05, 0) is 13.8 Å². The summed E-state index contributed by atoms with van der Waals surface area (Å²) in [4.78, 5) is 13.6. The lowest BCUT2D eigenvalue weighted by Gasteiger charge is -2.33. The summed E-state index contributed by atoms with van der Waals surface area (Å²) in [6, 6.07) is 0. The van der Waals surface area contributed by atoms with E-state index in [1.54, 1.807) is 21.0 Å². The Morgan fingerprint density at radius 3 is 2.38 bits per heavy atom. The van der Waals surface area contributed by atoms with Gasteiger partial charge in [-0.1, -0.05) is 0 Å². The topological polar surface area (TPSA) is 43.6 Å². The molecule has 1 amide bonds. The second-order valence-corrected chi connectivity index (χ2v) is 3.68. The van der Waals surface area contributed by atoms with E-state index in [4.69, 9.17) is 4.74 Å². The van der Waals surface area contributed by atoms with Gasteiger partial charge in [0, 0.05) is 33.3 Å². The SMILES string of the molecule is COC(C)(C)C(=O)N1CC[N]CC1. The first-order valence-corrected chi connectivity index (χ1v) is 4.56. The first kappa shape index (κ1) is 10.5. The molecule has 0 aliphatic carbocycles. The van der Waals surface area contributed by atoms with Crippen LogP contribution >= 0.6 is 0 Å². The lowest BCUT2D eigenvalue weighted by Crippen LogP contribution is -2.52. The van der Waals surface area contributed by atoms with E-state index in [0.29, 0.717) is 0 Å². The molecule has 4 nitrogen and oxygen atoms in total. The van der Waals surface area contributed by atoms with E-state index in [2.05, 4.69) is 5.32 Å². The molecule has 0 atom stereocenters. The second kappa shape index (κ2) is 4.07. The van der Waals surface area contributed by atoms with E-state index in [-0.39, 0.29) is 5.91 Å². The Balaban J connectivity index is 2.55. The molecule has 0 aromatic heterocycles. The Morgan fingerprint density at radius 1 is 1.38 bits per heavy atom. The molecule has 0 spiro atoms. The van der Waals surface area contributed by atoms with Crippen LogP contribution in [0.2, 0.25) is 0 Å². The van der Waals surface area contributed by atoms with Crippen LogP contribution in [0.3, 0.4) is 0 Å². The molecule has 1 rings (SSSR count). The van der Waals surface area contributed by atoms with Crippen LogP contribution < -0.4 is 5.32 Å². The molecular weight excluding hydrogens is 168 g/mol.